The zero-order valence-electron chi connectivity index (χ0n) is 10.3. The number of hydrogen-bond donors (Lipinski definition) is 1. The van der Waals surface area contributed by atoms with Crippen molar-refractivity contribution in [3.05, 3.63) is 24.0 Å². The van der Waals surface area contributed by atoms with Crippen LogP contribution in [0.4, 0.5) is 10.2 Å². The maximum Gasteiger partial charge on any atom is 0.199 e. The van der Waals surface area contributed by atoms with Gasteiger partial charge in [-0.3, -0.25) is 0 Å². The van der Waals surface area contributed by atoms with E-state index >= 15 is 0 Å². The van der Waals surface area contributed by atoms with Crippen LogP contribution in [0.5, 0.6) is 0 Å². The highest BCUT2D eigenvalue weighted by molar-refractivity contribution is 5.81. The standard InChI is InChI=1S/C12H12FN5O/c1-2-5-18-9-4-3-7(13)6-8(9)15-12(18)10-11(14)17-19-16-10/h3-4,6H,2,5H2,1H3,(H2,14,17). The molecule has 0 fully saturated rings. The van der Waals surface area contributed by atoms with Crippen LogP contribution in [-0.4, -0.2) is 19.9 Å². The number of anilines is 1. The first-order valence-electron chi connectivity index (χ1n) is 5.95. The highest BCUT2D eigenvalue weighted by Gasteiger charge is 2.18. The Morgan fingerprint density at radius 2 is 2.21 bits per heavy atom. The van der Waals surface area contributed by atoms with Gasteiger partial charge in [0.15, 0.2) is 17.3 Å². The van der Waals surface area contributed by atoms with Gasteiger partial charge >= 0.3 is 0 Å². The molecule has 0 bridgehead atoms. The number of nitrogen functional groups attached to an aromatic ring is 1. The number of halogens is 1. The summed E-state index contributed by atoms with van der Waals surface area (Å²) in [5, 5.41) is 7.30. The summed E-state index contributed by atoms with van der Waals surface area (Å²) in [6.45, 7) is 2.77. The van der Waals surface area contributed by atoms with Gasteiger partial charge in [0, 0.05) is 12.6 Å². The molecular weight excluding hydrogens is 249 g/mol. The lowest BCUT2D eigenvalue weighted by Crippen LogP contribution is -2.01. The van der Waals surface area contributed by atoms with Crippen LogP contribution in [0.3, 0.4) is 0 Å². The summed E-state index contributed by atoms with van der Waals surface area (Å²) in [5.41, 5.74) is 7.47. The van der Waals surface area contributed by atoms with Gasteiger partial charge in [0.25, 0.3) is 0 Å². The lowest BCUT2D eigenvalue weighted by molar-refractivity contribution is 0.310. The Morgan fingerprint density at radius 3 is 2.89 bits per heavy atom. The van der Waals surface area contributed by atoms with Crippen LogP contribution in [-0.2, 0) is 6.54 Å². The fraction of sp³-hybridized carbons (Fsp3) is 0.250. The number of aryl methyl sites for hydroxylation is 1. The van der Waals surface area contributed by atoms with Crippen LogP contribution in [0, 0.1) is 5.82 Å². The molecular formula is C12H12FN5O. The van der Waals surface area contributed by atoms with Crippen LogP contribution >= 0.6 is 0 Å². The second-order valence-corrected chi connectivity index (χ2v) is 4.22. The monoisotopic (exact) mass is 261 g/mol. The molecule has 6 nitrogen and oxygen atoms in total. The smallest absolute Gasteiger partial charge is 0.199 e. The van der Waals surface area contributed by atoms with E-state index in [1.807, 2.05) is 11.5 Å². The molecule has 0 atom stereocenters. The van der Waals surface area contributed by atoms with Gasteiger partial charge in [-0.05, 0) is 28.9 Å². The number of aromatic nitrogens is 4. The Morgan fingerprint density at radius 1 is 1.37 bits per heavy atom. The number of fused-ring (bicyclic) bond motifs is 1. The first-order valence-corrected chi connectivity index (χ1v) is 5.95. The van der Waals surface area contributed by atoms with E-state index in [1.165, 1.54) is 12.1 Å². The van der Waals surface area contributed by atoms with Gasteiger partial charge in [-0.15, -0.1) is 0 Å². The van der Waals surface area contributed by atoms with Gasteiger partial charge in [0.05, 0.1) is 11.0 Å². The maximum atomic E-state index is 13.3. The molecule has 0 radical (unpaired) electrons. The SMILES string of the molecule is CCCn1c(-c2nonc2N)nc2cc(F)ccc21. The van der Waals surface area contributed by atoms with Gasteiger partial charge in [-0.2, -0.15) is 0 Å². The minimum atomic E-state index is -0.327. The predicted molar refractivity (Wildman–Crippen MR) is 67.7 cm³/mol. The summed E-state index contributed by atoms with van der Waals surface area (Å²) in [5.74, 6) is 0.390. The molecule has 0 unspecified atom stereocenters. The van der Waals surface area contributed by atoms with Crippen molar-refractivity contribution in [2.24, 2.45) is 0 Å². The van der Waals surface area contributed by atoms with E-state index in [0.29, 0.717) is 17.0 Å². The summed E-state index contributed by atoms with van der Waals surface area (Å²) in [6, 6.07) is 4.49. The topological polar surface area (TPSA) is 82.8 Å². The molecule has 2 heterocycles. The summed E-state index contributed by atoms with van der Waals surface area (Å²) < 4.78 is 19.8. The number of imidazole rings is 1. The largest absolute Gasteiger partial charge is 0.379 e. The molecule has 7 heteroatoms. The first-order chi connectivity index (χ1) is 9.20. The van der Waals surface area contributed by atoms with E-state index in [4.69, 9.17) is 5.73 Å². The van der Waals surface area contributed by atoms with E-state index in [-0.39, 0.29) is 11.6 Å². The second kappa shape index (κ2) is 4.34. The van der Waals surface area contributed by atoms with Crippen molar-refractivity contribution in [2.45, 2.75) is 19.9 Å². The van der Waals surface area contributed by atoms with E-state index in [2.05, 4.69) is 19.9 Å². The number of rotatable bonds is 3. The number of benzene rings is 1. The highest BCUT2D eigenvalue weighted by Crippen LogP contribution is 2.27. The third-order valence-electron chi connectivity index (χ3n) is 2.88. The Kier molecular flexibility index (Phi) is 2.66. The Hall–Kier alpha value is -2.44. The third kappa shape index (κ3) is 1.83. The lowest BCUT2D eigenvalue weighted by Gasteiger charge is -2.05. The van der Waals surface area contributed by atoms with Crippen molar-refractivity contribution in [1.29, 1.82) is 0 Å². The van der Waals surface area contributed by atoms with Crippen molar-refractivity contribution < 1.29 is 9.02 Å². The molecule has 0 aliphatic rings. The van der Waals surface area contributed by atoms with Crippen LogP contribution in [0.15, 0.2) is 22.8 Å². The molecule has 19 heavy (non-hydrogen) atoms. The van der Waals surface area contributed by atoms with E-state index in [1.54, 1.807) is 6.07 Å². The van der Waals surface area contributed by atoms with Crippen molar-refractivity contribution in [3.63, 3.8) is 0 Å². The van der Waals surface area contributed by atoms with Crippen molar-refractivity contribution >= 4 is 16.9 Å². The molecule has 1 aromatic carbocycles. The zero-order chi connectivity index (χ0) is 13.4. The average Bonchev–Trinajstić information content (AvgIpc) is 2.94. The van der Waals surface area contributed by atoms with Crippen LogP contribution in [0.25, 0.3) is 22.6 Å². The molecule has 0 saturated carbocycles. The molecule has 98 valence electrons. The van der Waals surface area contributed by atoms with Crippen LogP contribution < -0.4 is 5.73 Å². The van der Waals surface area contributed by atoms with Crippen LogP contribution in [0.1, 0.15) is 13.3 Å². The molecule has 0 spiro atoms. The van der Waals surface area contributed by atoms with Crippen molar-refractivity contribution in [3.8, 4) is 11.5 Å². The summed E-state index contributed by atoms with van der Waals surface area (Å²) in [7, 11) is 0. The van der Waals surface area contributed by atoms with E-state index in [0.717, 1.165) is 18.5 Å². The maximum absolute atomic E-state index is 13.3. The average molecular weight is 261 g/mol. The first kappa shape index (κ1) is 11.6. The van der Waals surface area contributed by atoms with Gasteiger partial charge in [-0.25, -0.2) is 14.0 Å². The highest BCUT2D eigenvalue weighted by atomic mass is 19.1. The fourth-order valence-corrected chi connectivity index (χ4v) is 2.08. The number of nitrogens with zero attached hydrogens (tertiary/aromatic N) is 4. The van der Waals surface area contributed by atoms with Gasteiger partial charge in [0.2, 0.25) is 0 Å². The molecule has 0 amide bonds. The molecule has 2 aromatic heterocycles. The minimum Gasteiger partial charge on any atom is -0.379 e. The van der Waals surface area contributed by atoms with Crippen molar-refractivity contribution in [2.75, 3.05) is 5.73 Å². The molecule has 2 N–H and O–H groups in total. The van der Waals surface area contributed by atoms with Gasteiger partial charge < -0.3 is 10.3 Å². The van der Waals surface area contributed by atoms with E-state index < -0.39 is 0 Å². The summed E-state index contributed by atoms with van der Waals surface area (Å²) >= 11 is 0. The predicted octanol–water partition coefficient (Wildman–Crippen LogP) is 2.22. The van der Waals surface area contributed by atoms with Crippen LogP contribution in [0.2, 0.25) is 0 Å². The normalized spacial score (nSPS) is 11.3. The second-order valence-electron chi connectivity index (χ2n) is 4.22. The minimum absolute atomic E-state index is 0.174. The molecule has 3 rings (SSSR count). The van der Waals surface area contributed by atoms with E-state index in [9.17, 15) is 4.39 Å². The summed E-state index contributed by atoms with van der Waals surface area (Å²) in [6.07, 6.45) is 0.904. The Bertz CT molecular complexity index is 733. The molecule has 3 aromatic rings. The molecule has 0 aliphatic carbocycles. The summed E-state index contributed by atoms with van der Waals surface area (Å²) in [4.78, 5) is 4.38. The fourth-order valence-electron chi connectivity index (χ4n) is 2.08. The quantitative estimate of drug-likeness (QED) is 0.781. The Labute approximate surface area is 108 Å². The lowest BCUT2D eigenvalue weighted by atomic mass is 10.3. The van der Waals surface area contributed by atoms with Gasteiger partial charge in [-0.1, -0.05) is 6.92 Å². The number of nitrogens with two attached hydrogens (primary N) is 1. The van der Waals surface area contributed by atoms with Gasteiger partial charge in [0.1, 0.15) is 5.82 Å². The third-order valence-corrected chi connectivity index (χ3v) is 2.88. The molecule has 0 aliphatic heterocycles. The zero-order valence-corrected chi connectivity index (χ0v) is 10.3. The number of hydrogen-bond acceptors (Lipinski definition) is 5. The molecule has 0 saturated heterocycles. The Balaban J connectivity index is 2.28. The van der Waals surface area contributed by atoms with Crippen molar-refractivity contribution in [1.82, 2.24) is 19.9 Å².